The van der Waals surface area contributed by atoms with Crippen molar-refractivity contribution in [1.29, 1.82) is 0 Å². The summed E-state index contributed by atoms with van der Waals surface area (Å²) < 4.78 is 15.7. The lowest BCUT2D eigenvalue weighted by Crippen LogP contribution is -2.25. The predicted octanol–water partition coefficient (Wildman–Crippen LogP) is 2.17. The fourth-order valence-corrected chi connectivity index (χ4v) is 1.84. The van der Waals surface area contributed by atoms with Gasteiger partial charge in [0, 0.05) is 30.9 Å². The molecule has 112 valence electrons. The van der Waals surface area contributed by atoms with Crippen molar-refractivity contribution in [2.75, 3.05) is 34.0 Å². The molecule has 1 rings (SSSR count). The third-order valence-corrected chi connectivity index (χ3v) is 2.97. The quantitative estimate of drug-likeness (QED) is 0.742. The van der Waals surface area contributed by atoms with E-state index in [9.17, 15) is 4.79 Å². The number of nitrogens with one attached hydrogen (secondary N) is 1. The van der Waals surface area contributed by atoms with Gasteiger partial charge >= 0.3 is 0 Å². The summed E-state index contributed by atoms with van der Waals surface area (Å²) in [6, 6.07) is 3.44. The second-order valence-electron chi connectivity index (χ2n) is 4.31. The molecule has 1 amide bonds. The van der Waals surface area contributed by atoms with Crippen LogP contribution in [0.4, 0.5) is 0 Å². The van der Waals surface area contributed by atoms with Crippen LogP contribution in [0.25, 0.3) is 0 Å². The minimum Gasteiger partial charge on any atom is -0.496 e. The van der Waals surface area contributed by atoms with Crippen molar-refractivity contribution < 1.29 is 19.0 Å². The Morgan fingerprint density at radius 1 is 1.20 bits per heavy atom. The zero-order valence-corrected chi connectivity index (χ0v) is 12.6. The van der Waals surface area contributed by atoms with Crippen molar-refractivity contribution in [3.63, 3.8) is 0 Å². The van der Waals surface area contributed by atoms with E-state index in [1.807, 2.05) is 13.8 Å². The van der Waals surface area contributed by atoms with Crippen molar-refractivity contribution in [2.45, 2.75) is 20.3 Å². The summed E-state index contributed by atoms with van der Waals surface area (Å²) in [5.74, 6) is 1.14. The van der Waals surface area contributed by atoms with Crippen molar-refractivity contribution in [3.8, 4) is 11.5 Å². The van der Waals surface area contributed by atoms with Crippen molar-refractivity contribution in [1.82, 2.24) is 5.32 Å². The van der Waals surface area contributed by atoms with Crippen LogP contribution < -0.4 is 14.8 Å². The standard InChI is InChI=1S/C15H23NO4/c1-5-20-8-6-7-16-15(17)12-9-13(18-3)11(2)14(10-12)19-4/h9-10H,5-8H2,1-4H3,(H,16,17). The van der Waals surface area contributed by atoms with Crippen molar-refractivity contribution in [2.24, 2.45) is 0 Å². The highest BCUT2D eigenvalue weighted by atomic mass is 16.5. The van der Waals surface area contributed by atoms with E-state index in [1.165, 1.54) is 0 Å². The van der Waals surface area contributed by atoms with Gasteiger partial charge in [-0.2, -0.15) is 0 Å². The van der Waals surface area contributed by atoms with E-state index < -0.39 is 0 Å². The van der Waals surface area contributed by atoms with E-state index in [0.29, 0.717) is 36.8 Å². The Bertz CT molecular complexity index is 420. The SMILES string of the molecule is CCOCCCNC(=O)c1cc(OC)c(C)c(OC)c1. The average molecular weight is 281 g/mol. The normalized spacial score (nSPS) is 10.2. The molecule has 0 aromatic heterocycles. The van der Waals surface area contributed by atoms with Gasteiger partial charge in [-0.15, -0.1) is 0 Å². The van der Waals surface area contributed by atoms with Gasteiger partial charge in [-0.1, -0.05) is 0 Å². The van der Waals surface area contributed by atoms with Gasteiger partial charge in [-0.25, -0.2) is 0 Å². The highest BCUT2D eigenvalue weighted by molar-refractivity contribution is 5.95. The monoisotopic (exact) mass is 281 g/mol. The molecule has 0 aliphatic rings. The summed E-state index contributed by atoms with van der Waals surface area (Å²) in [5.41, 5.74) is 1.41. The Kier molecular flexibility index (Phi) is 6.87. The summed E-state index contributed by atoms with van der Waals surface area (Å²) >= 11 is 0. The van der Waals surface area contributed by atoms with Gasteiger partial charge in [0.1, 0.15) is 11.5 Å². The molecule has 0 bridgehead atoms. The smallest absolute Gasteiger partial charge is 0.251 e. The fraction of sp³-hybridized carbons (Fsp3) is 0.533. The van der Waals surface area contributed by atoms with Gasteiger partial charge in [0.15, 0.2) is 0 Å². The molecular formula is C15H23NO4. The Morgan fingerprint density at radius 2 is 1.80 bits per heavy atom. The number of carbonyl (C=O) groups is 1. The summed E-state index contributed by atoms with van der Waals surface area (Å²) in [4.78, 5) is 12.1. The zero-order chi connectivity index (χ0) is 15.0. The molecule has 0 saturated heterocycles. The molecule has 0 spiro atoms. The summed E-state index contributed by atoms with van der Waals surface area (Å²) in [5, 5.41) is 2.85. The molecule has 1 N–H and O–H groups in total. The molecule has 0 radical (unpaired) electrons. The van der Waals surface area contributed by atoms with Crippen LogP contribution in [0.5, 0.6) is 11.5 Å². The summed E-state index contributed by atoms with van der Waals surface area (Å²) in [6.07, 6.45) is 0.791. The molecule has 0 heterocycles. The van der Waals surface area contributed by atoms with Crippen LogP contribution in [0, 0.1) is 6.92 Å². The number of ether oxygens (including phenoxy) is 3. The van der Waals surface area contributed by atoms with E-state index in [4.69, 9.17) is 14.2 Å². The third kappa shape index (κ3) is 4.42. The second kappa shape index (κ2) is 8.43. The Balaban J connectivity index is 2.68. The third-order valence-electron chi connectivity index (χ3n) is 2.97. The summed E-state index contributed by atoms with van der Waals surface area (Å²) in [7, 11) is 3.15. The fourth-order valence-electron chi connectivity index (χ4n) is 1.84. The number of rotatable bonds is 8. The Morgan fingerprint density at radius 3 is 2.30 bits per heavy atom. The average Bonchev–Trinajstić information content (AvgIpc) is 2.47. The van der Waals surface area contributed by atoms with E-state index in [2.05, 4.69) is 5.32 Å². The molecule has 0 saturated carbocycles. The van der Waals surface area contributed by atoms with E-state index in [0.717, 1.165) is 12.0 Å². The van der Waals surface area contributed by atoms with Crippen LogP contribution in [-0.2, 0) is 4.74 Å². The second-order valence-corrected chi connectivity index (χ2v) is 4.31. The van der Waals surface area contributed by atoms with Crippen molar-refractivity contribution in [3.05, 3.63) is 23.3 Å². The first-order chi connectivity index (χ1) is 9.63. The molecule has 1 aromatic carbocycles. The number of hydrogen-bond donors (Lipinski definition) is 1. The molecule has 1 aromatic rings. The number of benzene rings is 1. The van der Waals surface area contributed by atoms with E-state index >= 15 is 0 Å². The van der Waals surface area contributed by atoms with E-state index in [-0.39, 0.29) is 5.91 Å². The first-order valence-electron chi connectivity index (χ1n) is 6.72. The van der Waals surface area contributed by atoms with Gasteiger partial charge < -0.3 is 19.5 Å². The summed E-state index contributed by atoms with van der Waals surface area (Å²) in [6.45, 7) is 5.76. The largest absolute Gasteiger partial charge is 0.496 e. The van der Waals surface area contributed by atoms with Crippen LogP contribution in [0.1, 0.15) is 29.3 Å². The first kappa shape index (κ1) is 16.3. The van der Waals surface area contributed by atoms with Crippen LogP contribution in [0.3, 0.4) is 0 Å². The maximum Gasteiger partial charge on any atom is 0.251 e. The predicted molar refractivity (Wildman–Crippen MR) is 77.7 cm³/mol. The molecule has 5 nitrogen and oxygen atoms in total. The molecule has 20 heavy (non-hydrogen) atoms. The highest BCUT2D eigenvalue weighted by Gasteiger charge is 2.13. The lowest BCUT2D eigenvalue weighted by atomic mass is 10.1. The van der Waals surface area contributed by atoms with Crippen LogP contribution in [0.15, 0.2) is 12.1 Å². The molecule has 0 unspecified atom stereocenters. The lowest BCUT2D eigenvalue weighted by Gasteiger charge is -2.12. The van der Waals surface area contributed by atoms with Crippen LogP contribution in [0.2, 0.25) is 0 Å². The maximum absolute atomic E-state index is 12.1. The Hall–Kier alpha value is -1.75. The van der Waals surface area contributed by atoms with Crippen LogP contribution >= 0.6 is 0 Å². The molecule has 0 fully saturated rings. The van der Waals surface area contributed by atoms with E-state index in [1.54, 1.807) is 26.4 Å². The zero-order valence-electron chi connectivity index (χ0n) is 12.6. The maximum atomic E-state index is 12.1. The molecule has 0 aliphatic heterocycles. The number of carbonyl (C=O) groups excluding carboxylic acids is 1. The van der Waals surface area contributed by atoms with Crippen LogP contribution in [-0.4, -0.2) is 39.9 Å². The van der Waals surface area contributed by atoms with Gasteiger partial charge in [0.2, 0.25) is 0 Å². The minimum atomic E-state index is -0.141. The lowest BCUT2D eigenvalue weighted by molar-refractivity contribution is 0.0943. The topological polar surface area (TPSA) is 56.8 Å². The Labute approximate surface area is 120 Å². The molecule has 0 aliphatic carbocycles. The van der Waals surface area contributed by atoms with Gasteiger partial charge in [-0.3, -0.25) is 4.79 Å². The number of methoxy groups -OCH3 is 2. The minimum absolute atomic E-state index is 0.141. The van der Waals surface area contributed by atoms with Gasteiger partial charge in [0.25, 0.3) is 5.91 Å². The molecule has 5 heteroatoms. The van der Waals surface area contributed by atoms with Crippen molar-refractivity contribution >= 4 is 5.91 Å². The molecular weight excluding hydrogens is 258 g/mol. The number of hydrogen-bond acceptors (Lipinski definition) is 4. The number of amides is 1. The van der Waals surface area contributed by atoms with Gasteiger partial charge in [0.05, 0.1) is 14.2 Å². The first-order valence-corrected chi connectivity index (χ1v) is 6.72. The van der Waals surface area contributed by atoms with Gasteiger partial charge in [-0.05, 0) is 32.4 Å². The highest BCUT2D eigenvalue weighted by Crippen LogP contribution is 2.29. The molecule has 0 atom stereocenters.